The number of hydrogen-bond acceptors (Lipinski definition) is 3. The van der Waals surface area contributed by atoms with Gasteiger partial charge in [-0.1, -0.05) is 0 Å². The van der Waals surface area contributed by atoms with E-state index in [1.54, 1.807) is 6.92 Å². The van der Waals surface area contributed by atoms with E-state index in [2.05, 4.69) is 5.32 Å². The first-order chi connectivity index (χ1) is 10.7. The Hall–Kier alpha value is -2.35. The SMILES string of the molecule is Cc1cc(F)ccc1NC(=O)c1ccc(S(=O)(=O)C(F)F)cc1. The molecule has 8 heteroatoms. The molecule has 2 aromatic carbocycles. The molecule has 2 aromatic rings. The van der Waals surface area contributed by atoms with Gasteiger partial charge in [-0.15, -0.1) is 0 Å². The van der Waals surface area contributed by atoms with E-state index >= 15 is 0 Å². The quantitative estimate of drug-likeness (QED) is 0.926. The van der Waals surface area contributed by atoms with Crippen LogP contribution in [0.1, 0.15) is 15.9 Å². The molecule has 2 rings (SSSR count). The lowest BCUT2D eigenvalue weighted by Gasteiger charge is -2.09. The Morgan fingerprint density at radius 3 is 2.22 bits per heavy atom. The van der Waals surface area contributed by atoms with Gasteiger partial charge >= 0.3 is 5.76 Å². The van der Waals surface area contributed by atoms with Crippen molar-refractivity contribution in [3.05, 3.63) is 59.4 Å². The number of halogens is 3. The second-order valence-electron chi connectivity index (χ2n) is 4.74. The lowest BCUT2D eigenvalue weighted by atomic mass is 10.1. The molecule has 0 aromatic heterocycles. The minimum absolute atomic E-state index is 0.0851. The molecule has 0 aliphatic rings. The third-order valence-electron chi connectivity index (χ3n) is 3.12. The number of benzene rings is 2. The zero-order valence-electron chi connectivity index (χ0n) is 11.9. The van der Waals surface area contributed by atoms with Gasteiger partial charge in [-0.3, -0.25) is 4.79 Å². The van der Waals surface area contributed by atoms with Crippen LogP contribution < -0.4 is 5.32 Å². The lowest BCUT2D eigenvalue weighted by Crippen LogP contribution is -2.14. The predicted octanol–water partition coefficient (Wildman–Crippen LogP) is 3.38. The molecule has 0 spiro atoms. The minimum atomic E-state index is -4.70. The highest BCUT2D eigenvalue weighted by atomic mass is 32.2. The summed E-state index contributed by atoms with van der Waals surface area (Å²) in [5.74, 6) is -4.54. The lowest BCUT2D eigenvalue weighted by molar-refractivity contribution is 0.102. The summed E-state index contributed by atoms with van der Waals surface area (Å²) in [6.07, 6.45) is 0. The van der Waals surface area contributed by atoms with Crippen molar-refractivity contribution >= 4 is 21.4 Å². The minimum Gasteiger partial charge on any atom is -0.322 e. The summed E-state index contributed by atoms with van der Waals surface area (Å²) in [5, 5.41) is 2.53. The number of anilines is 1. The van der Waals surface area contributed by atoms with Crippen molar-refractivity contribution in [2.75, 3.05) is 5.32 Å². The molecule has 0 saturated carbocycles. The van der Waals surface area contributed by atoms with Crippen LogP contribution in [-0.4, -0.2) is 20.1 Å². The summed E-state index contributed by atoms with van der Waals surface area (Å²) in [4.78, 5) is 11.5. The average molecular weight is 343 g/mol. The number of nitrogens with one attached hydrogen (secondary N) is 1. The molecule has 0 heterocycles. The molecule has 23 heavy (non-hydrogen) atoms. The summed E-state index contributed by atoms with van der Waals surface area (Å²) >= 11 is 0. The van der Waals surface area contributed by atoms with Gasteiger partial charge in [-0.05, 0) is 55.0 Å². The molecule has 0 bridgehead atoms. The standard InChI is InChI=1S/C15H12F3NO3S/c1-9-8-11(16)4-7-13(9)19-14(20)10-2-5-12(6-3-10)23(21,22)15(17)18/h2-8,15H,1H3,(H,19,20). The van der Waals surface area contributed by atoms with Crippen molar-refractivity contribution in [1.29, 1.82) is 0 Å². The van der Waals surface area contributed by atoms with Crippen LogP contribution in [0.2, 0.25) is 0 Å². The predicted molar refractivity (Wildman–Crippen MR) is 78.7 cm³/mol. The molecule has 4 nitrogen and oxygen atoms in total. The normalized spacial score (nSPS) is 11.5. The number of hydrogen-bond donors (Lipinski definition) is 1. The monoisotopic (exact) mass is 343 g/mol. The number of aryl methyl sites for hydroxylation is 1. The first-order valence-electron chi connectivity index (χ1n) is 6.41. The zero-order chi connectivity index (χ0) is 17.2. The number of carbonyl (C=O) groups is 1. The fraction of sp³-hybridized carbons (Fsp3) is 0.133. The van der Waals surface area contributed by atoms with E-state index in [0.717, 1.165) is 24.3 Å². The van der Waals surface area contributed by atoms with Gasteiger partial charge in [0, 0.05) is 11.3 Å². The van der Waals surface area contributed by atoms with Crippen LogP contribution in [0.3, 0.4) is 0 Å². The maximum absolute atomic E-state index is 13.0. The molecule has 0 saturated heterocycles. The third-order valence-corrected chi connectivity index (χ3v) is 4.51. The van der Waals surface area contributed by atoms with E-state index in [1.165, 1.54) is 18.2 Å². The van der Waals surface area contributed by atoms with E-state index in [0.29, 0.717) is 11.3 Å². The summed E-state index contributed by atoms with van der Waals surface area (Å²) in [7, 11) is -4.70. The van der Waals surface area contributed by atoms with E-state index in [4.69, 9.17) is 0 Å². The topological polar surface area (TPSA) is 63.2 Å². The largest absolute Gasteiger partial charge is 0.341 e. The molecule has 122 valence electrons. The van der Waals surface area contributed by atoms with Crippen LogP contribution in [0.5, 0.6) is 0 Å². The van der Waals surface area contributed by atoms with Gasteiger partial charge in [0.25, 0.3) is 5.91 Å². The van der Waals surface area contributed by atoms with Crippen LogP contribution in [0.4, 0.5) is 18.9 Å². The Morgan fingerprint density at radius 1 is 1.09 bits per heavy atom. The van der Waals surface area contributed by atoms with Crippen LogP contribution >= 0.6 is 0 Å². The van der Waals surface area contributed by atoms with Crippen molar-refractivity contribution in [3.63, 3.8) is 0 Å². The molecule has 1 amide bonds. The Bertz CT molecular complexity index is 834. The Morgan fingerprint density at radius 2 is 1.70 bits per heavy atom. The molecular weight excluding hydrogens is 331 g/mol. The smallest absolute Gasteiger partial charge is 0.322 e. The zero-order valence-corrected chi connectivity index (χ0v) is 12.7. The van der Waals surface area contributed by atoms with E-state index in [1.807, 2.05) is 0 Å². The Balaban J connectivity index is 2.21. The van der Waals surface area contributed by atoms with Crippen LogP contribution in [0, 0.1) is 12.7 Å². The molecule has 0 aliphatic carbocycles. The Labute approximate surface area is 130 Å². The highest BCUT2D eigenvalue weighted by Crippen LogP contribution is 2.20. The fourth-order valence-electron chi connectivity index (χ4n) is 1.86. The third kappa shape index (κ3) is 3.70. The maximum Gasteiger partial charge on any atom is 0.341 e. The molecule has 0 atom stereocenters. The molecule has 0 fully saturated rings. The van der Waals surface area contributed by atoms with Crippen molar-refractivity contribution < 1.29 is 26.4 Å². The van der Waals surface area contributed by atoms with Crippen molar-refractivity contribution in [2.24, 2.45) is 0 Å². The van der Waals surface area contributed by atoms with E-state index < -0.39 is 32.2 Å². The summed E-state index contributed by atoms with van der Waals surface area (Å²) in [5.41, 5.74) is 0.984. The van der Waals surface area contributed by atoms with Gasteiger partial charge in [-0.25, -0.2) is 12.8 Å². The maximum atomic E-state index is 13.0. The molecule has 0 radical (unpaired) electrons. The Kier molecular flexibility index (Phi) is 4.74. The summed E-state index contributed by atoms with van der Waals surface area (Å²) in [6.45, 7) is 1.61. The van der Waals surface area contributed by atoms with Gasteiger partial charge in [0.15, 0.2) is 0 Å². The second-order valence-corrected chi connectivity index (χ2v) is 6.66. The number of alkyl halides is 2. The van der Waals surface area contributed by atoms with Crippen LogP contribution in [0.15, 0.2) is 47.4 Å². The van der Waals surface area contributed by atoms with Gasteiger partial charge in [0.1, 0.15) is 5.82 Å². The van der Waals surface area contributed by atoms with Crippen molar-refractivity contribution in [3.8, 4) is 0 Å². The second kappa shape index (κ2) is 6.41. The van der Waals surface area contributed by atoms with Gasteiger partial charge < -0.3 is 5.32 Å². The fourth-order valence-corrected chi connectivity index (χ4v) is 2.58. The van der Waals surface area contributed by atoms with Gasteiger partial charge in [0.2, 0.25) is 9.84 Å². The number of carbonyl (C=O) groups excluding carboxylic acids is 1. The number of amides is 1. The molecule has 0 aliphatic heterocycles. The molecule has 0 unspecified atom stereocenters. The molecule has 1 N–H and O–H groups in total. The van der Waals surface area contributed by atoms with E-state index in [9.17, 15) is 26.4 Å². The summed E-state index contributed by atoms with van der Waals surface area (Å²) in [6, 6.07) is 7.95. The van der Waals surface area contributed by atoms with Crippen molar-refractivity contribution in [1.82, 2.24) is 0 Å². The van der Waals surface area contributed by atoms with Crippen molar-refractivity contribution in [2.45, 2.75) is 17.6 Å². The number of rotatable bonds is 4. The average Bonchev–Trinajstić information content (AvgIpc) is 2.50. The first-order valence-corrected chi connectivity index (χ1v) is 7.96. The summed E-state index contributed by atoms with van der Waals surface area (Å²) < 4.78 is 60.4. The molecular formula is C15H12F3NO3S. The first kappa shape index (κ1) is 17.0. The van der Waals surface area contributed by atoms with Gasteiger partial charge in [-0.2, -0.15) is 8.78 Å². The van der Waals surface area contributed by atoms with Gasteiger partial charge in [0.05, 0.1) is 4.90 Å². The number of sulfone groups is 1. The van der Waals surface area contributed by atoms with E-state index in [-0.39, 0.29) is 5.56 Å². The highest BCUT2D eigenvalue weighted by Gasteiger charge is 2.26. The van der Waals surface area contributed by atoms with Crippen LogP contribution in [-0.2, 0) is 9.84 Å². The van der Waals surface area contributed by atoms with Crippen LogP contribution in [0.25, 0.3) is 0 Å². The highest BCUT2D eigenvalue weighted by molar-refractivity contribution is 7.91.